The number of nitrogen functional groups attached to an aromatic ring is 1. The van der Waals surface area contributed by atoms with E-state index in [0.29, 0.717) is 11.6 Å². The summed E-state index contributed by atoms with van der Waals surface area (Å²) in [5, 5.41) is 6.34. The monoisotopic (exact) mass is 292 g/mol. The van der Waals surface area contributed by atoms with Crippen LogP contribution in [0.3, 0.4) is 0 Å². The number of nitrogens with zero attached hydrogens (tertiary/aromatic N) is 2. The second-order valence-electron chi connectivity index (χ2n) is 5.41. The molecule has 5 nitrogen and oxygen atoms in total. The fraction of sp³-hybridized carbons (Fsp3) is 0.429. The van der Waals surface area contributed by atoms with E-state index >= 15 is 0 Å². The summed E-state index contributed by atoms with van der Waals surface area (Å²) >= 11 is 1.66. The standard InChI is InChI=1S/C14H20N4OS/c1-14(2,3)19-13-10(15)4-5-11(18-13)16-7-6-12-17-8-9-20-12/h4-5,8-9H,6-7,15H2,1-3H3,(H,16,18). The number of hydrogen-bond donors (Lipinski definition) is 2. The number of rotatable bonds is 5. The van der Waals surface area contributed by atoms with E-state index in [0.717, 1.165) is 23.8 Å². The first-order valence-corrected chi connectivity index (χ1v) is 7.40. The van der Waals surface area contributed by atoms with Gasteiger partial charge in [0.05, 0.1) is 10.7 Å². The predicted molar refractivity (Wildman–Crippen MR) is 83.3 cm³/mol. The third-order valence-electron chi connectivity index (χ3n) is 2.42. The van der Waals surface area contributed by atoms with Crippen molar-refractivity contribution in [2.24, 2.45) is 0 Å². The zero-order valence-corrected chi connectivity index (χ0v) is 12.8. The molecule has 2 rings (SSSR count). The lowest BCUT2D eigenvalue weighted by atomic mass is 10.2. The van der Waals surface area contributed by atoms with E-state index in [4.69, 9.17) is 10.5 Å². The summed E-state index contributed by atoms with van der Waals surface area (Å²) in [4.78, 5) is 8.64. The summed E-state index contributed by atoms with van der Waals surface area (Å²) in [6.45, 7) is 6.68. The van der Waals surface area contributed by atoms with E-state index in [9.17, 15) is 0 Å². The summed E-state index contributed by atoms with van der Waals surface area (Å²) in [6.07, 6.45) is 2.69. The molecule has 3 N–H and O–H groups in total. The molecule has 0 radical (unpaired) electrons. The fourth-order valence-corrected chi connectivity index (χ4v) is 2.22. The number of thiazole rings is 1. The molecule has 2 aromatic rings. The molecule has 0 aliphatic heterocycles. The average molecular weight is 292 g/mol. The van der Waals surface area contributed by atoms with Gasteiger partial charge in [0.25, 0.3) is 0 Å². The normalized spacial score (nSPS) is 11.3. The summed E-state index contributed by atoms with van der Waals surface area (Å²) in [5.41, 5.74) is 6.11. The second kappa shape index (κ2) is 6.09. The van der Waals surface area contributed by atoms with Crippen molar-refractivity contribution in [2.75, 3.05) is 17.6 Å². The Hall–Kier alpha value is -1.82. The molecule has 0 amide bonds. The minimum absolute atomic E-state index is 0.319. The van der Waals surface area contributed by atoms with Crippen LogP contribution in [-0.4, -0.2) is 22.1 Å². The van der Waals surface area contributed by atoms with Gasteiger partial charge in [-0.2, -0.15) is 4.98 Å². The molecule has 0 aromatic carbocycles. The van der Waals surface area contributed by atoms with Gasteiger partial charge in [0, 0.05) is 24.5 Å². The van der Waals surface area contributed by atoms with Crippen molar-refractivity contribution in [1.29, 1.82) is 0 Å². The van der Waals surface area contributed by atoms with Crippen molar-refractivity contribution in [1.82, 2.24) is 9.97 Å². The first-order chi connectivity index (χ1) is 9.44. The fourth-order valence-electron chi connectivity index (χ4n) is 1.60. The molecule has 2 heterocycles. The molecule has 0 unspecified atom stereocenters. The molecule has 0 aliphatic carbocycles. The van der Waals surface area contributed by atoms with Gasteiger partial charge in [-0.3, -0.25) is 0 Å². The van der Waals surface area contributed by atoms with Crippen LogP contribution in [0.1, 0.15) is 25.8 Å². The molecule has 0 saturated carbocycles. The number of aromatic nitrogens is 2. The molecule has 0 bridgehead atoms. The van der Waals surface area contributed by atoms with Crippen LogP contribution in [0.5, 0.6) is 5.88 Å². The Kier molecular flexibility index (Phi) is 4.44. The molecule has 2 aromatic heterocycles. The number of nitrogens with one attached hydrogen (secondary N) is 1. The van der Waals surface area contributed by atoms with Gasteiger partial charge < -0.3 is 15.8 Å². The van der Waals surface area contributed by atoms with Crippen LogP contribution in [0.4, 0.5) is 11.5 Å². The highest BCUT2D eigenvalue weighted by Crippen LogP contribution is 2.24. The summed E-state index contributed by atoms with van der Waals surface area (Å²) < 4.78 is 5.74. The first kappa shape index (κ1) is 14.6. The zero-order chi connectivity index (χ0) is 14.6. The van der Waals surface area contributed by atoms with E-state index in [-0.39, 0.29) is 5.60 Å². The van der Waals surface area contributed by atoms with Gasteiger partial charge in [0.2, 0.25) is 5.88 Å². The lowest BCUT2D eigenvalue weighted by molar-refractivity contribution is 0.125. The van der Waals surface area contributed by atoms with Gasteiger partial charge >= 0.3 is 0 Å². The lowest BCUT2D eigenvalue weighted by Gasteiger charge is -2.21. The average Bonchev–Trinajstić information content (AvgIpc) is 2.84. The Bertz CT molecular complexity index is 549. The van der Waals surface area contributed by atoms with Crippen LogP contribution >= 0.6 is 11.3 Å². The van der Waals surface area contributed by atoms with Crippen molar-refractivity contribution < 1.29 is 4.74 Å². The minimum Gasteiger partial charge on any atom is -0.470 e. The highest BCUT2D eigenvalue weighted by molar-refractivity contribution is 7.09. The third kappa shape index (κ3) is 4.38. The second-order valence-corrected chi connectivity index (χ2v) is 6.39. The SMILES string of the molecule is CC(C)(C)Oc1nc(NCCc2nccs2)ccc1N. The summed E-state index contributed by atoms with van der Waals surface area (Å²) in [5.74, 6) is 1.23. The molecular formula is C14H20N4OS. The van der Waals surface area contributed by atoms with Crippen LogP contribution < -0.4 is 15.8 Å². The van der Waals surface area contributed by atoms with Crippen molar-refractivity contribution in [3.8, 4) is 5.88 Å². The molecule has 0 fully saturated rings. The molecular weight excluding hydrogens is 272 g/mol. The third-order valence-corrected chi connectivity index (χ3v) is 3.26. The molecule has 20 heavy (non-hydrogen) atoms. The molecule has 6 heteroatoms. The Balaban J connectivity index is 1.96. The lowest BCUT2D eigenvalue weighted by Crippen LogP contribution is -2.24. The maximum absolute atomic E-state index is 5.88. The molecule has 0 saturated heterocycles. The molecule has 0 aliphatic rings. The quantitative estimate of drug-likeness (QED) is 0.886. The van der Waals surface area contributed by atoms with Gasteiger partial charge in [0.1, 0.15) is 11.4 Å². The van der Waals surface area contributed by atoms with Crippen LogP contribution in [0.2, 0.25) is 0 Å². The van der Waals surface area contributed by atoms with Gasteiger partial charge in [0.15, 0.2) is 0 Å². The van der Waals surface area contributed by atoms with Crippen molar-refractivity contribution in [3.63, 3.8) is 0 Å². The van der Waals surface area contributed by atoms with E-state index in [2.05, 4.69) is 15.3 Å². The number of anilines is 2. The van der Waals surface area contributed by atoms with Crippen LogP contribution in [0, 0.1) is 0 Å². The number of pyridine rings is 1. The number of hydrogen-bond acceptors (Lipinski definition) is 6. The highest BCUT2D eigenvalue weighted by Gasteiger charge is 2.15. The number of ether oxygens (including phenoxy) is 1. The molecule has 0 spiro atoms. The summed E-state index contributed by atoms with van der Waals surface area (Å²) in [6, 6.07) is 3.66. The van der Waals surface area contributed by atoms with Crippen molar-refractivity contribution in [2.45, 2.75) is 32.8 Å². The van der Waals surface area contributed by atoms with Crippen molar-refractivity contribution in [3.05, 3.63) is 28.7 Å². The molecule has 0 atom stereocenters. The number of nitrogens with two attached hydrogens (primary N) is 1. The summed E-state index contributed by atoms with van der Waals surface area (Å²) in [7, 11) is 0. The van der Waals surface area contributed by atoms with Gasteiger partial charge in [-0.25, -0.2) is 4.98 Å². The molecule has 108 valence electrons. The van der Waals surface area contributed by atoms with Crippen LogP contribution in [0.25, 0.3) is 0 Å². The predicted octanol–water partition coefficient (Wildman–Crippen LogP) is 2.95. The Morgan fingerprint density at radius 3 is 2.80 bits per heavy atom. The van der Waals surface area contributed by atoms with Gasteiger partial charge in [-0.05, 0) is 32.9 Å². The van der Waals surface area contributed by atoms with Gasteiger partial charge in [-0.15, -0.1) is 11.3 Å². The Morgan fingerprint density at radius 2 is 2.15 bits per heavy atom. The van der Waals surface area contributed by atoms with E-state index < -0.39 is 0 Å². The van der Waals surface area contributed by atoms with Crippen LogP contribution in [0.15, 0.2) is 23.7 Å². The largest absolute Gasteiger partial charge is 0.470 e. The smallest absolute Gasteiger partial charge is 0.239 e. The Labute approximate surface area is 123 Å². The van der Waals surface area contributed by atoms with Crippen molar-refractivity contribution >= 4 is 22.8 Å². The van der Waals surface area contributed by atoms with E-state index in [1.807, 2.05) is 38.4 Å². The maximum Gasteiger partial charge on any atom is 0.239 e. The van der Waals surface area contributed by atoms with E-state index in [1.54, 1.807) is 17.4 Å². The minimum atomic E-state index is -0.319. The van der Waals surface area contributed by atoms with E-state index in [1.165, 1.54) is 0 Å². The topological polar surface area (TPSA) is 73.1 Å². The Morgan fingerprint density at radius 1 is 1.35 bits per heavy atom. The zero-order valence-electron chi connectivity index (χ0n) is 12.0. The maximum atomic E-state index is 5.88. The van der Waals surface area contributed by atoms with Crippen LogP contribution in [-0.2, 0) is 6.42 Å². The highest BCUT2D eigenvalue weighted by atomic mass is 32.1. The first-order valence-electron chi connectivity index (χ1n) is 6.52. The van der Waals surface area contributed by atoms with Gasteiger partial charge in [-0.1, -0.05) is 0 Å².